The predicted octanol–water partition coefficient (Wildman–Crippen LogP) is 10.2. The van der Waals surface area contributed by atoms with Crippen LogP contribution in [0.1, 0.15) is 155 Å². The molecule has 0 fully saturated rings. The second-order valence-corrected chi connectivity index (χ2v) is 8.41. The van der Waals surface area contributed by atoms with Crippen molar-refractivity contribution in [2.75, 3.05) is 0 Å². The second-order valence-electron chi connectivity index (χ2n) is 8.41. The third kappa shape index (κ3) is 23.7. The first-order valence-corrected chi connectivity index (χ1v) is 12.6. The van der Waals surface area contributed by atoms with Gasteiger partial charge in [0.05, 0.1) is 0 Å². The van der Waals surface area contributed by atoms with Crippen molar-refractivity contribution >= 4 is 0 Å². The summed E-state index contributed by atoms with van der Waals surface area (Å²) < 4.78 is 0. The van der Waals surface area contributed by atoms with Gasteiger partial charge < -0.3 is 0 Å². The summed E-state index contributed by atoms with van der Waals surface area (Å²) in [5, 5.41) is 0. The molecule has 0 amide bonds. The monoisotopic (exact) mass is 364 g/mol. The molecule has 0 aliphatic heterocycles. The van der Waals surface area contributed by atoms with Crippen molar-refractivity contribution in [3.8, 4) is 0 Å². The molecule has 0 N–H and O–H groups in total. The maximum absolute atomic E-state index is 2.44. The van der Waals surface area contributed by atoms with Crippen LogP contribution in [0.3, 0.4) is 0 Å². The minimum absolute atomic E-state index is 1.31. The van der Waals surface area contributed by atoms with E-state index in [-0.39, 0.29) is 0 Å². The fraction of sp³-hybridized carbons (Fsp3) is 0.923. The molecular weight excluding hydrogens is 312 g/mol. The Balaban J connectivity index is 3.04. The molecule has 0 aliphatic carbocycles. The molecular formula is C26H52. The summed E-state index contributed by atoms with van der Waals surface area (Å²) in [7, 11) is 0. The second kappa shape index (κ2) is 24.7. The molecule has 0 rings (SSSR count). The van der Waals surface area contributed by atoms with E-state index in [0.29, 0.717) is 0 Å². The maximum atomic E-state index is 2.44. The lowest BCUT2D eigenvalue weighted by molar-refractivity contribution is 0.540. The van der Waals surface area contributed by atoms with E-state index >= 15 is 0 Å². The van der Waals surface area contributed by atoms with Crippen LogP contribution in [0.5, 0.6) is 0 Å². The molecule has 0 atom stereocenters. The SMILES string of the molecule is CCCCCCCCC/C=C/CCCCCCCCCCCCCCC. The summed E-state index contributed by atoms with van der Waals surface area (Å²) in [5.74, 6) is 0. The highest BCUT2D eigenvalue weighted by molar-refractivity contribution is 4.81. The smallest absolute Gasteiger partial charge is 0.0351 e. The fourth-order valence-corrected chi connectivity index (χ4v) is 3.73. The molecule has 0 aromatic rings. The van der Waals surface area contributed by atoms with E-state index in [1.54, 1.807) is 0 Å². The van der Waals surface area contributed by atoms with Gasteiger partial charge in [0, 0.05) is 0 Å². The zero-order valence-electron chi connectivity index (χ0n) is 18.7. The first-order chi connectivity index (χ1) is 12.9. The van der Waals surface area contributed by atoms with Gasteiger partial charge in [-0.05, 0) is 25.7 Å². The summed E-state index contributed by atoms with van der Waals surface area (Å²) in [6.45, 7) is 4.59. The van der Waals surface area contributed by atoms with Crippen LogP contribution in [-0.2, 0) is 0 Å². The molecule has 0 saturated heterocycles. The van der Waals surface area contributed by atoms with E-state index in [2.05, 4.69) is 26.0 Å². The molecule has 0 heterocycles. The first-order valence-electron chi connectivity index (χ1n) is 12.6. The predicted molar refractivity (Wildman–Crippen MR) is 122 cm³/mol. The van der Waals surface area contributed by atoms with Gasteiger partial charge in [-0.15, -0.1) is 0 Å². The largest absolute Gasteiger partial charge is 0.0885 e. The molecule has 0 radical (unpaired) electrons. The summed E-state index contributed by atoms with van der Waals surface area (Å²) >= 11 is 0. The lowest BCUT2D eigenvalue weighted by atomic mass is 10.0. The molecule has 0 heteroatoms. The Hall–Kier alpha value is -0.260. The Labute approximate surface area is 167 Å². The zero-order valence-corrected chi connectivity index (χ0v) is 18.7. The van der Waals surface area contributed by atoms with Crippen LogP contribution >= 0.6 is 0 Å². The summed E-state index contributed by atoms with van der Waals surface area (Å²) in [4.78, 5) is 0. The highest BCUT2D eigenvalue weighted by atomic mass is 14.0. The van der Waals surface area contributed by atoms with Gasteiger partial charge in [0.15, 0.2) is 0 Å². The van der Waals surface area contributed by atoms with Crippen molar-refractivity contribution < 1.29 is 0 Å². The maximum Gasteiger partial charge on any atom is -0.0351 e. The normalized spacial score (nSPS) is 11.6. The molecule has 0 aromatic heterocycles. The minimum Gasteiger partial charge on any atom is -0.0885 e. The first kappa shape index (κ1) is 25.7. The van der Waals surface area contributed by atoms with Crippen LogP contribution < -0.4 is 0 Å². The molecule has 26 heavy (non-hydrogen) atoms. The van der Waals surface area contributed by atoms with Crippen molar-refractivity contribution in [1.29, 1.82) is 0 Å². The summed E-state index contributed by atoms with van der Waals surface area (Å²) in [6, 6.07) is 0. The van der Waals surface area contributed by atoms with Gasteiger partial charge in [0.25, 0.3) is 0 Å². The van der Waals surface area contributed by atoms with Gasteiger partial charge in [-0.1, -0.05) is 142 Å². The van der Waals surface area contributed by atoms with E-state index in [0.717, 1.165) is 0 Å². The average molecular weight is 365 g/mol. The van der Waals surface area contributed by atoms with E-state index in [4.69, 9.17) is 0 Å². The number of hydrogen-bond donors (Lipinski definition) is 0. The average Bonchev–Trinajstić information content (AvgIpc) is 2.66. The van der Waals surface area contributed by atoms with Crippen molar-refractivity contribution in [2.24, 2.45) is 0 Å². The van der Waals surface area contributed by atoms with Crippen molar-refractivity contribution in [3.05, 3.63) is 12.2 Å². The van der Waals surface area contributed by atoms with Gasteiger partial charge in [-0.2, -0.15) is 0 Å². The van der Waals surface area contributed by atoms with E-state index < -0.39 is 0 Å². The van der Waals surface area contributed by atoms with Crippen LogP contribution in [0.2, 0.25) is 0 Å². The third-order valence-electron chi connectivity index (χ3n) is 5.62. The lowest BCUT2D eigenvalue weighted by Crippen LogP contribution is -1.82. The van der Waals surface area contributed by atoms with Gasteiger partial charge >= 0.3 is 0 Å². The van der Waals surface area contributed by atoms with Crippen molar-refractivity contribution in [2.45, 2.75) is 155 Å². The van der Waals surface area contributed by atoms with Crippen molar-refractivity contribution in [3.63, 3.8) is 0 Å². The van der Waals surface area contributed by atoms with Gasteiger partial charge in [0.1, 0.15) is 0 Å². The van der Waals surface area contributed by atoms with Crippen LogP contribution in [0, 0.1) is 0 Å². The highest BCUT2D eigenvalue weighted by Gasteiger charge is 1.93. The Morgan fingerprint density at radius 1 is 0.308 bits per heavy atom. The Morgan fingerprint density at radius 2 is 0.538 bits per heavy atom. The van der Waals surface area contributed by atoms with Gasteiger partial charge in [-0.3, -0.25) is 0 Å². The third-order valence-corrected chi connectivity index (χ3v) is 5.62. The molecule has 0 aliphatic rings. The number of allylic oxidation sites excluding steroid dienone is 2. The fourth-order valence-electron chi connectivity index (χ4n) is 3.73. The van der Waals surface area contributed by atoms with Crippen LogP contribution in [0.15, 0.2) is 12.2 Å². The van der Waals surface area contributed by atoms with E-state index in [1.807, 2.05) is 0 Å². The van der Waals surface area contributed by atoms with Crippen LogP contribution in [-0.4, -0.2) is 0 Å². The Morgan fingerprint density at radius 3 is 0.808 bits per heavy atom. The molecule has 0 unspecified atom stereocenters. The molecule has 0 bridgehead atoms. The van der Waals surface area contributed by atoms with Crippen LogP contribution in [0.25, 0.3) is 0 Å². The summed E-state index contributed by atoms with van der Waals surface area (Å²) in [6.07, 6.45) is 36.4. The molecule has 0 nitrogen and oxygen atoms in total. The minimum atomic E-state index is 1.31. The quantitative estimate of drug-likeness (QED) is 0.132. The van der Waals surface area contributed by atoms with E-state index in [1.165, 1.54) is 141 Å². The van der Waals surface area contributed by atoms with Crippen molar-refractivity contribution in [1.82, 2.24) is 0 Å². The Kier molecular flexibility index (Phi) is 24.5. The highest BCUT2D eigenvalue weighted by Crippen LogP contribution is 2.13. The lowest BCUT2D eigenvalue weighted by Gasteiger charge is -2.02. The topological polar surface area (TPSA) is 0 Å². The molecule has 156 valence electrons. The van der Waals surface area contributed by atoms with Crippen LogP contribution in [0.4, 0.5) is 0 Å². The molecule has 0 saturated carbocycles. The number of unbranched alkanes of at least 4 members (excludes halogenated alkanes) is 20. The summed E-state index contributed by atoms with van der Waals surface area (Å²) in [5.41, 5.74) is 0. The number of hydrogen-bond acceptors (Lipinski definition) is 0. The zero-order chi connectivity index (χ0) is 19.0. The number of rotatable bonds is 22. The molecule has 0 aromatic carbocycles. The van der Waals surface area contributed by atoms with Gasteiger partial charge in [-0.25, -0.2) is 0 Å². The molecule has 0 spiro atoms. The van der Waals surface area contributed by atoms with E-state index in [9.17, 15) is 0 Å². The van der Waals surface area contributed by atoms with Gasteiger partial charge in [0.2, 0.25) is 0 Å². The standard InChI is InChI=1S/C26H52/c1-3-5-7-9-11-13-15-17-19-21-23-25-26-24-22-20-18-16-14-12-10-8-6-4-2/h19,21H,3-18,20,22-26H2,1-2H3/b21-19+. The Bertz CT molecular complexity index is 253.